The highest BCUT2D eigenvalue weighted by atomic mass is 32.2. The lowest BCUT2D eigenvalue weighted by molar-refractivity contribution is -0.135. The second-order valence-corrected chi connectivity index (χ2v) is 4.40. The largest absolute Gasteiger partial charge is 0.465 e. The molecule has 1 aromatic carbocycles. The zero-order valence-electron chi connectivity index (χ0n) is 9.60. The normalized spacial score (nSPS) is 11.2. The van der Waals surface area contributed by atoms with Gasteiger partial charge in [0.15, 0.2) is 0 Å². The Morgan fingerprint density at radius 1 is 1.38 bits per heavy atom. The van der Waals surface area contributed by atoms with Gasteiger partial charge in [-0.15, -0.1) is 11.8 Å². The van der Waals surface area contributed by atoms with Crippen LogP contribution in [0.5, 0.6) is 0 Å². The first kappa shape index (κ1) is 12.8. The Kier molecular flexibility index (Phi) is 5.72. The molecule has 1 rings (SSSR count). The third kappa shape index (κ3) is 4.11. The van der Waals surface area contributed by atoms with Gasteiger partial charge in [0.05, 0.1) is 12.0 Å². The Morgan fingerprint density at radius 3 is 2.62 bits per heavy atom. The van der Waals surface area contributed by atoms with Crippen LogP contribution in [0.25, 0.3) is 6.08 Å². The standard InChI is InChI=1S/C13H16O2S/c1-3-9-16-12(13(14)15-2)10-11-7-5-4-6-8-11/h4-8,10H,3,9H2,1-2H3/b12-10-. The maximum atomic E-state index is 11.5. The van der Waals surface area contributed by atoms with Gasteiger partial charge in [-0.3, -0.25) is 0 Å². The van der Waals surface area contributed by atoms with Gasteiger partial charge < -0.3 is 4.74 Å². The van der Waals surface area contributed by atoms with E-state index in [9.17, 15) is 4.79 Å². The van der Waals surface area contributed by atoms with Crippen LogP contribution in [-0.4, -0.2) is 18.8 Å². The number of hydrogen-bond donors (Lipinski definition) is 0. The van der Waals surface area contributed by atoms with Gasteiger partial charge in [0.2, 0.25) is 0 Å². The molecule has 0 aliphatic carbocycles. The SMILES string of the molecule is CCCS/C(=C\c1ccccc1)C(=O)OC. The minimum atomic E-state index is -0.262. The Bertz CT molecular complexity index is 357. The van der Waals surface area contributed by atoms with Crippen LogP contribution in [0.1, 0.15) is 18.9 Å². The van der Waals surface area contributed by atoms with Crippen LogP contribution >= 0.6 is 11.8 Å². The van der Waals surface area contributed by atoms with Crippen LogP contribution in [0.15, 0.2) is 35.2 Å². The van der Waals surface area contributed by atoms with Crippen LogP contribution in [0, 0.1) is 0 Å². The Hall–Kier alpha value is -1.22. The summed E-state index contributed by atoms with van der Waals surface area (Å²) in [4.78, 5) is 12.2. The average Bonchev–Trinajstić information content (AvgIpc) is 2.34. The molecule has 0 heterocycles. The molecular weight excluding hydrogens is 220 g/mol. The van der Waals surface area contributed by atoms with E-state index in [0.29, 0.717) is 4.91 Å². The number of carbonyl (C=O) groups is 1. The number of thioether (sulfide) groups is 1. The van der Waals surface area contributed by atoms with Gasteiger partial charge in [-0.1, -0.05) is 37.3 Å². The third-order valence-corrected chi connectivity index (χ3v) is 3.15. The highest BCUT2D eigenvalue weighted by Gasteiger charge is 2.09. The molecule has 2 nitrogen and oxygen atoms in total. The molecule has 16 heavy (non-hydrogen) atoms. The summed E-state index contributed by atoms with van der Waals surface area (Å²) in [6.45, 7) is 2.09. The monoisotopic (exact) mass is 236 g/mol. The molecule has 0 aliphatic heterocycles. The zero-order chi connectivity index (χ0) is 11.8. The summed E-state index contributed by atoms with van der Waals surface area (Å²) < 4.78 is 4.75. The lowest BCUT2D eigenvalue weighted by Gasteiger charge is -2.04. The lowest BCUT2D eigenvalue weighted by atomic mass is 10.2. The highest BCUT2D eigenvalue weighted by molar-refractivity contribution is 8.04. The van der Waals surface area contributed by atoms with Gasteiger partial charge in [-0.2, -0.15) is 0 Å². The molecule has 0 spiro atoms. The van der Waals surface area contributed by atoms with E-state index in [4.69, 9.17) is 4.74 Å². The van der Waals surface area contributed by atoms with Crippen LogP contribution in [0.2, 0.25) is 0 Å². The number of ether oxygens (including phenoxy) is 1. The van der Waals surface area contributed by atoms with Crippen molar-refractivity contribution < 1.29 is 9.53 Å². The van der Waals surface area contributed by atoms with Crippen molar-refractivity contribution in [3.63, 3.8) is 0 Å². The van der Waals surface area contributed by atoms with Gasteiger partial charge >= 0.3 is 5.97 Å². The highest BCUT2D eigenvalue weighted by Crippen LogP contribution is 2.21. The molecule has 86 valence electrons. The summed E-state index contributed by atoms with van der Waals surface area (Å²) in [5.41, 5.74) is 1.02. The number of esters is 1. The zero-order valence-corrected chi connectivity index (χ0v) is 10.4. The Labute approximate surface area is 101 Å². The van der Waals surface area contributed by atoms with Gasteiger partial charge in [-0.05, 0) is 23.8 Å². The maximum absolute atomic E-state index is 11.5. The molecule has 0 unspecified atom stereocenters. The van der Waals surface area contributed by atoms with E-state index in [2.05, 4.69) is 6.92 Å². The molecule has 0 aromatic heterocycles. The van der Waals surface area contributed by atoms with E-state index in [-0.39, 0.29) is 5.97 Å². The first-order chi connectivity index (χ1) is 7.77. The number of rotatable bonds is 5. The van der Waals surface area contributed by atoms with Crippen LogP contribution < -0.4 is 0 Å². The molecule has 1 aromatic rings. The van der Waals surface area contributed by atoms with Gasteiger partial charge in [0.1, 0.15) is 0 Å². The first-order valence-electron chi connectivity index (χ1n) is 5.25. The molecule has 0 fully saturated rings. The molecular formula is C13H16O2S. The topological polar surface area (TPSA) is 26.3 Å². The van der Waals surface area contributed by atoms with Gasteiger partial charge in [0.25, 0.3) is 0 Å². The van der Waals surface area contributed by atoms with E-state index >= 15 is 0 Å². The van der Waals surface area contributed by atoms with E-state index in [1.54, 1.807) is 0 Å². The fourth-order valence-electron chi connectivity index (χ4n) is 1.17. The second-order valence-electron chi connectivity index (χ2n) is 3.26. The van der Waals surface area contributed by atoms with Crippen LogP contribution in [0.3, 0.4) is 0 Å². The van der Waals surface area contributed by atoms with Crippen LogP contribution in [0.4, 0.5) is 0 Å². The first-order valence-corrected chi connectivity index (χ1v) is 6.24. The third-order valence-electron chi connectivity index (χ3n) is 1.95. The predicted molar refractivity (Wildman–Crippen MR) is 69.2 cm³/mol. The summed E-state index contributed by atoms with van der Waals surface area (Å²) in [6.07, 6.45) is 2.90. The fourth-order valence-corrected chi connectivity index (χ4v) is 2.02. The number of hydrogen-bond acceptors (Lipinski definition) is 3. The molecule has 3 heteroatoms. The van der Waals surface area contributed by atoms with Gasteiger partial charge in [0, 0.05) is 0 Å². The summed E-state index contributed by atoms with van der Waals surface area (Å²) >= 11 is 1.54. The molecule has 0 bridgehead atoms. The minimum absolute atomic E-state index is 0.262. The molecule has 0 N–H and O–H groups in total. The minimum Gasteiger partial charge on any atom is -0.465 e. The van der Waals surface area contributed by atoms with E-state index < -0.39 is 0 Å². The van der Waals surface area contributed by atoms with Crippen molar-refractivity contribution in [2.75, 3.05) is 12.9 Å². The van der Waals surface area contributed by atoms with Crippen LogP contribution in [-0.2, 0) is 9.53 Å². The molecule has 0 atom stereocenters. The number of carbonyl (C=O) groups excluding carboxylic acids is 1. The summed E-state index contributed by atoms with van der Waals surface area (Å²) in [7, 11) is 1.41. The summed E-state index contributed by atoms with van der Waals surface area (Å²) in [5.74, 6) is 0.663. The summed E-state index contributed by atoms with van der Waals surface area (Å²) in [6, 6.07) is 9.79. The molecule has 0 saturated carbocycles. The van der Waals surface area contributed by atoms with Crippen molar-refractivity contribution in [1.29, 1.82) is 0 Å². The smallest absolute Gasteiger partial charge is 0.344 e. The van der Waals surface area contributed by atoms with E-state index in [0.717, 1.165) is 17.7 Å². The maximum Gasteiger partial charge on any atom is 0.344 e. The Morgan fingerprint density at radius 2 is 2.06 bits per heavy atom. The molecule has 0 radical (unpaired) electrons. The van der Waals surface area contributed by atoms with Crippen molar-refractivity contribution >= 4 is 23.8 Å². The lowest BCUT2D eigenvalue weighted by Crippen LogP contribution is -2.02. The van der Waals surface area contributed by atoms with E-state index in [1.165, 1.54) is 18.9 Å². The molecule has 0 aliphatic rings. The quantitative estimate of drug-likeness (QED) is 0.579. The van der Waals surface area contributed by atoms with Crippen molar-refractivity contribution in [3.8, 4) is 0 Å². The second kappa shape index (κ2) is 7.12. The van der Waals surface area contributed by atoms with Crippen molar-refractivity contribution in [2.24, 2.45) is 0 Å². The molecule has 0 saturated heterocycles. The number of methoxy groups -OCH3 is 1. The van der Waals surface area contributed by atoms with Crippen molar-refractivity contribution in [2.45, 2.75) is 13.3 Å². The predicted octanol–water partition coefficient (Wildman–Crippen LogP) is 3.34. The number of benzene rings is 1. The van der Waals surface area contributed by atoms with Gasteiger partial charge in [-0.25, -0.2) is 4.79 Å². The fraction of sp³-hybridized carbons (Fsp3) is 0.308. The van der Waals surface area contributed by atoms with Crippen molar-refractivity contribution in [3.05, 3.63) is 40.8 Å². The van der Waals surface area contributed by atoms with Crippen molar-refractivity contribution in [1.82, 2.24) is 0 Å². The van der Waals surface area contributed by atoms with E-state index in [1.807, 2.05) is 36.4 Å². The summed E-state index contributed by atoms with van der Waals surface area (Å²) in [5, 5.41) is 0. The average molecular weight is 236 g/mol. The Balaban J connectivity index is 2.83. The molecule has 0 amide bonds.